The number of halogens is 1. The molecule has 3 rings (SSSR count). The van der Waals surface area contributed by atoms with Crippen LogP contribution in [0.3, 0.4) is 0 Å². The molecule has 0 spiro atoms. The van der Waals surface area contributed by atoms with Crippen molar-refractivity contribution < 1.29 is 17.2 Å². The number of nitrogens with two attached hydrogens (primary N) is 1. The second-order valence-electron chi connectivity index (χ2n) is 5.42. The summed E-state index contributed by atoms with van der Waals surface area (Å²) in [5, 5.41) is 0.675. The van der Waals surface area contributed by atoms with E-state index in [4.69, 9.17) is 10.2 Å². The highest BCUT2D eigenvalue weighted by atomic mass is 32.2. The van der Waals surface area contributed by atoms with E-state index in [1.54, 1.807) is 18.2 Å². The maximum absolute atomic E-state index is 13.6. The maximum Gasteiger partial charge on any atom is 0.169 e. The number of hydrogen-bond donors (Lipinski definition) is 1. The predicted octanol–water partition coefficient (Wildman–Crippen LogP) is 2.40. The Bertz CT molecular complexity index is 738. The van der Waals surface area contributed by atoms with Gasteiger partial charge in [0.05, 0.1) is 17.5 Å². The third-order valence-electron chi connectivity index (χ3n) is 3.79. The van der Waals surface area contributed by atoms with Gasteiger partial charge in [-0.15, -0.1) is 0 Å². The minimum atomic E-state index is -2.90. The monoisotopic (exact) mass is 297 g/mol. The zero-order valence-corrected chi connectivity index (χ0v) is 11.7. The van der Waals surface area contributed by atoms with Crippen molar-refractivity contribution in [2.24, 2.45) is 11.7 Å². The van der Waals surface area contributed by atoms with Crippen LogP contribution in [-0.2, 0) is 9.84 Å². The lowest BCUT2D eigenvalue weighted by Gasteiger charge is -2.12. The molecule has 1 aromatic carbocycles. The lowest BCUT2D eigenvalue weighted by atomic mass is 9.98. The predicted molar refractivity (Wildman–Crippen MR) is 74.5 cm³/mol. The molecule has 6 heteroatoms. The second kappa shape index (κ2) is 4.86. The van der Waals surface area contributed by atoms with Crippen molar-refractivity contribution in [2.45, 2.75) is 18.9 Å². The van der Waals surface area contributed by atoms with Crippen molar-refractivity contribution in [3.63, 3.8) is 0 Å². The van der Waals surface area contributed by atoms with E-state index in [2.05, 4.69) is 0 Å². The van der Waals surface area contributed by atoms with Crippen molar-refractivity contribution in [1.29, 1.82) is 0 Å². The average molecular weight is 297 g/mol. The number of rotatable bonds is 3. The molecular weight excluding hydrogens is 281 g/mol. The van der Waals surface area contributed by atoms with Crippen LogP contribution in [0.4, 0.5) is 4.39 Å². The molecule has 0 aliphatic carbocycles. The highest BCUT2D eigenvalue weighted by molar-refractivity contribution is 7.91. The van der Waals surface area contributed by atoms with Gasteiger partial charge in [0.2, 0.25) is 0 Å². The fourth-order valence-electron chi connectivity index (χ4n) is 2.76. The Hall–Kier alpha value is -1.40. The summed E-state index contributed by atoms with van der Waals surface area (Å²) in [7, 11) is -2.90. The van der Waals surface area contributed by atoms with Crippen LogP contribution in [0.2, 0.25) is 0 Å². The fourth-order valence-corrected chi connectivity index (χ4v) is 4.64. The third kappa shape index (κ3) is 2.58. The van der Waals surface area contributed by atoms with Gasteiger partial charge in [0.1, 0.15) is 5.76 Å². The van der Waals surface area contributed by atoms with Gasteiger partial charge in [-0.3, -0.25) is 0 Å². The summed E-state index contributed by atoms with van der Waals surface area (Å²) in [5.41, 5.74) is 6.27. The van der Waals surface area contributed by atoms with E-state index in [1.807, 2.05) is 0 Å². The van der Waals surface area contributed by atoms with Crippen molar-refractivity contribution in [3.8, 4) is 0 Å². The highest BCUT2D eigenvalue weighted by Crippen LogP contribution is 2.31. The largest absolute Gasteiger partial charge is 0.456 e. The van der Waals surface area contributed by atoms with Crippen LogP contribution in [0.25, 0.3) is 11.0 Å². The zero-order valence-electron chi connectivity index (χ0n) is 10.9. The Labute approximate surface area is 116 Å². The maximum atomic E-state index is 13.6. The Morgan fingerprint density at radius 2 is 2.25 bits per heavy atom. The number of para-hydroxylation sites is 1. The number of fused-ring (bicyclic) bond motifs is 1. The van der Waals surface area contributed by atoms with Crippen LogP contribution >= 0.6 is 0 Å². The van der Waals surface area contributed by atoms with Gasteiger partial charge in [0, 0.05) is 5.39 Å². The molecule has 1 aromatic heterocycles. The first-order valence-electron chi connectivity index (χ1n) is 6.58. The topological polar surface area (TPSA) is 73.3 Å². The van der Waals surface area contributed by atoms with Crippen LogP contribution in [0.15, 0.2) is 28.7 Å². The first kappa shape index (κ1) is 13.6. The second-order valence-corrected chi connectivity index (χ2v) is 7.65. The van der Waals surface area contributed by atoms with E-state index < -0.39 is 21.7 Å². The van der Waals surface area contributed by atoms with Crippen molar-refractivity contribution in [2.75, 3.05) is 11.5 Å². The Kier molecular flexibility index (Phi) is 3.30. The van der Waals surface area contributed by atoms with Crippen molar-refractivity contribution in [3.05, 3.63) is 35.8 Å². The van der Waals surface area contributed by atoms with E-state index in [0.29, 0.717) is 24.0 Å². The molecule has 1 fully saturated rings. The van der Waals surface area contributed by atoms with Crippen molar-refractivity contribution in [1.82, 2.24) is 0 Å². The first-order chi connectivity index (χ1) is 9.44. The average Bonchev–Trinajstić information content (AvgIpc) is 2.94. The van der Waals surface area contributed by atoms with E-state index >= 15 is 0 Å². The minimum absolute atomic E-state index is 0.0630. The SMILES string of the molecule is NC(CC1CCS(=O)(=O)C1)c1cc2cccc(F)c2o1. The van der Waals surface area contributed by atoms with Gasteiger partial charge in [-0.05, 0) is 30.9 Å². The molecule has 2 heterocycles. The molecule has 20 heavy (non-hydrogen) atoms. The molecule has 2 unspecified atom stereocenters. The Morgan fingerprint density at radius 3 is 2.90 bits per heavy atom. The molecule has 1 aliphatic heterocycles. The summed E-state index contributed by atoms with van der Waals surface area (Å²) >= 11 is 0. The van der Waals surface area contributed by atoms with Crippen LogP contribution in [0.5, 0.6) is 0 Å². The fraction of sp³-hybridized carbons (Fsp3) is 0.429. The highest BCUT2D eigenvalue weighted by Gasteiger charge is 2.30. The van der Waals surface area contributed by atoms with Crippen LogP contribution in [0.1, 0.15) is 24.6 Å². The molecule has 4 nitrogen and oxygen atoms in total. The smallest absolute Gasteiger partial charge is 0.169 e. The van der Waals surface area contributed by atoms with Gasteiger partial charge in [-0.1, -0.05) is 12.1 Å². The first-order valence-corrected chi connectivity index (χ1v) is 8.41. The Balaban J connectivity index is 1.79. The summed E-state index contributed by atoms with van der Waals surface area (Å²) in [4.78, 5) is 0. The van der Waals surface area contributed by atoms with Gasteiger partial charge >= 0.3 is 0 Å². The van der Waals surface area contributed by atoms with Gasteiger partial charge in [-0.2, -0.15) is 0 Å². The summed E-state index contributed by atoms with van der Waals surface area (Å²) in [6, 6.07) is 6.04. The van der Waals surface area contributed by atoms with E-state index in [1.165, 1.54) is 6.07 Å². The van der Waals surface area contributed by atoms with Crippen LogP contribution < -0.4 is 5.73 Å². The van der Waals surface area contributed by atoms with Gasteiger partial charge in [0.25, 0.3) is 0 Å². The van der Waals surface area contributed by atoms with E-state index in [0.717, 1.165) is 0 Å². The molecule has 0 bridgehead atoms. The normalized spacial score (nSPS) is 23.2. The number of benzene rings is 1. The van der Waals surface area contributed by atoms with Gasteiger partial charge in [-0.25, -0.2) is 12.8 Å². The van der Waals surface area contributed by atoms with Crippen molar-refractivity contribution >= 4 is 20.8 Å². The molecule has 2 atom stereocenters. The van der Waals surface area contributed by atoms with Gasteiger partial charge < -0.3 is 10.2 Å². The third-order valence-corrected chi connectivity index (χ3v) is 5.63. The molecule has 2 N–H and O–H groups in total. The number of hydrogen-bond acceptors (Lipinski definition) is 4. The minimum Gasteiger partial charge on any atom is -0.456 e. The molecule has 0 radical (unpaired) electrons. The van der Waals surface area contributed by atoms with Crippen LogP contribution in [-0.4, -0.2) is 19.9 Å². The quantitative estimate of drug-likeness (QED) is 0.944. The van der Waals surface area contributed by atoms with Crippen LogP contribution in [0, 0.1) is 11.7 Å². The number of furan rings is 1. The molecule has 0 saturated carbocycles. The summed E-state index contributed by atoms with van der Waals surface area (Å²) < 4.78 is 41.9. The summed E-state index contributed by atoms with van der Waals surface area (Å²) in [6.07, 6.45) is 1.19. The molecular formula is C14H16FNO3S. The molecule has 1 saturated heterocycles. The van der Waals surface area contributed by atoms with E-state index in [9.17, 15) is 12.8 Å². The lowest BCUT2D eigenvalue weighted by molar-refractivity contribution is 0.414. The zero-order chi connectivity index (χ0) is 14.3. The summed E-state index contributed by atoms with van der Waals surface area (Å²) in [6.45, 7) is 0. The summed E-state index contributed by atoms with van der Waals surface area (Å²) in [5.74, 6) is 0.584. The lowest BCUT2D eigenvalue weighted by Crippen LogP contribution is -2.15. The molecule has 1 aliphatic rings. The van der Waals surface area contributed by atoms with E-state index in [-0.39, 0.29) is 23.0 Å². The van der Waals surface area contributed by atoms with Gasteiger partial charge in [0.15, 0.2) is 21.2 Å². The number of sulfone groups is 1. The standard InChI is InChI=1S/C14H16FNO3S/c15-11-3-1-2-10-7-13(19-14(10)11)12(16)6-9-4-5-20(17,18)8-9/h1-3,7,9,12H,4-6,8,16H2. The molecule has 108 valence electrons. The Morgan fingerprint density at radius 1 is 1.45 bits per heavy atom. The molecule has 0 amide bonds. The molecule has 2 aromatic rings.